The molecule has 0 N–H and O–H groups in total. The minimum Gasteiger partial charge on any atom is -0.206 e. The quantitative estimate of drug-likeness (QED) is 0.678. The second-order valence-corrected chi connectivity index (χ2v) is 3.86. The summed E-state index contributed by atoms with van der Waals surface area (Å²) < 4.78 is 38.8. The average Bonchev–Trinajstić information content (AvgIpc) is 2.81. The van der Waals surface area contributed by atoms with Crippen molar-refractivity contribution in [1.29, 1.82) is 0 Å². The van der Waals surface area contributed by atoms with Gasteiger partial charge in [-0.3, -0.25) is 0 Å². The van der Waals surface area contributed by atoms with E-state index in [1.54, 1.807) is 24.3 Å². The highest BCUT2D eigenvalue weighted by Crippen LogP contribution is 2.27. The number of rotatable bonds is 1. The lowest BCUT2D eigenvalue weighted by Gasteiger charge is -2.03. The first-order valence-corrected chi connectivity index (χ1v) is 5.40. The van der Waals surface area contributed by atoms with E-state index in [9.17, 15) is 13.2 Å². The van der Waals surface area contributed by atoms with Crippen molar-refractivity contribution in [2.45, 2.75) is 6.18 Å². The second-order valence-electron chi connectivity index (χ2n) is 3.86. The lowest BCUT2D eigenvalue weighted by molar-refractivity contribution is -0.141. The van der Waals surface area contributed by atoms with E-state index in [0.29, 0.717) is 5.82 Å². The van der Waals surface area contributed by atoms with Gasteiger partial charge in [-0.1, -0.05) is 30.3 Å². The largest absolute Gasteiger partial charge is 0.433 e. The van der Waals surface area contributed by atoms with Crippen molar-refractivity contribution < 1.29 is 13.2 Å². The molecule has 0 amide bonds. The molecule has 0 aliphatic rings. The zero-order chi connectivity index (χ0) is 13.5. The standard InChI is InChI=1S/C12H7F3N4/c13-12(14,15)9-6-7-19-11(16-9)17-10(18-19)8-4-2-1-3-5-8/h1-7H. The summed E-state index contributed by atoms with van der Waals surface area (Å²) in [7, 11) is 0. The van der Waals surface area contributed by atoms with Crippen LogP contribution in [0.15, 0.2) is 42.6 Å². The third-order valence-electron chi connectivity index (χ3n) is 2.53. The normalized spacial score (nSPS) is 11.9. The van der Waals surface area contributed by atoms with Crippen molar-refractivity contribution >= 4 is 5.78 Å². The van der Waals surface area contributed by atoms with Crippen molar-refractivity contribution in [3.8, 4) is 11.4 Å². The molecule has 0 spiro atoms. The lowest BCUT2D eigenvalue weighted by atomic mass is 10.2. The number of alkyl halides is 3. The molecule has 0 aliphatic carbocycles. The fraction of sp³-hybridized carbons (Fsp3) is 0.0833. The van der Waals surface area contributed by atoms with E-state index in [-0.39, 0.29) is 5.78 Å². The van der Waals surface area contributed by atoms with Gasteiger partial charge >= 0.3 is 6.18 Å². The maximum absolute atomic E-state index is 12.5. The molecule has 19 heavy (non-hydrogen) atoms. The van der Waals surface area contributed by atoms with Gasteiger partial charge in [-0.15, -0.1) is 5.10 Å². The van der Waals surface area contributed by atoms with Crippen LogP contribution < -0.4 is 0 Å². The predicted octanol–water partition coefficient (Wildman–Crippen LogP) is 2.81. The fourth-order valence-corrected chi connectivity index (χ4v) is 1.64. The summed E-state index contributed by atoms with van der Waals surface area (Å²) in [6.45, 7) is 0. The number of benzene rings is 1. The summed E-state index contributed by atoms with van der Waals surface area (Å²) in [5.74, 6) is 0.265. The van der Waals surface area contributed by atoms with Crippen LogP contribution in [0.3, 0.4) is 0 Å². The Bertz CT molecular complexity index is 719. The summed E-state index contributed by atoms with van der Waals surface area (Å²) in [6.07, 6.45) is -3.29. The van der Waals surface area contributed by atoms with E-state index in [0.717, 1.165) is 11.6 Å². The van der Waals surface area contributed by atoms with E-state index in [2.05, 4.69) is 15.1 Å². The van der Waals surface area contributed by atoms with Crippen LogP contribution in [0.1, 0.15) is 5.69 Å². The fourth-order valence-electron chi connectivity index (χ4n) is 1.64. The summed E-state index contributed by atoms with van der Waals surface area (Å²) in [5.41, 5.74) is -0.256. The third kappa shape index (κ3) is 2.14. The first-order chi connectivity index (χ1) is 9.04. The molecular formula is C12H7F3N4. The molecule has 3 rings (SSSR count). The Kier molecular flexibility index (Phi) is 2.48. The van der Waals surface area contributed by atoms with E-state index in [1.807, 2.05) is 6.07 Å². The van der Waals surface area contributed by atoms with Crippen LogP contribution >= 0.6 is 0 Å². The minimum absolute atomic E-state index is 0.0753. The van der Waals surface area contributed by atoms with Crippen molar-refractivity contribution in [1.82, 2.24) is 19.6 Å². The number of nitrogens with zero attached hydrogens (tertiary/aromatic N) is 4. The van der Waals surface area contributed by atoms with E-state index < -0.39 is 11.9 Å². The summed E-state index contributed by atoms with van der Waals surface area (Å²) in [6, 6.07) is 9.86. The van der Waals surface area contributed by atoms with Crippen molar-refractivity contribution in [2.24, 2.45) is 0 Å². The molecule has 0 fully saturated rings. The first kappa shape index (κ1) is 11.6. The van der Waals surface area contributed by atoms with E-state index in [4.69, 9.17) is 0 Å². The van der Waals surface area contributed by atoms with E-state index >= 15 is 0 Å². The SMILES string of the molecule is FC(F)(F)c1ccn2nc(-c3ccccc3)nc2n1. The van der Waals surface area contributed by atoms with Crippen molar-refractivity contribution in [2.75, 3.05) is 0 Å². The number of aromatic nitrogens is 4. The highest BCUT2D eigenvalue weighted by atomic mass is 19.4. The smallest absolute Gasteiger partial charge is 0.206 e. The maximum Gasteiger partial charge on any atom is 0.433 e. The van der Waals surface area contributed by atoms with Crippen molar-refractivity contribution in [3.63, 3.8) is 0 Å². The van der Waals surface area contributed by atoms with E-state index in [1.165, 1.54) is 10.7 Å². The Morgan fingerprint density at radius 2 is 1.68 bits per heavy atom. The van der Waals surface area contributed by atoms with Gasteiger partial charge in [0.15, 0.2) is 5.82 Å². The molecule has 2 aromatic heterocycles. The predicted molar refractivity (Wildman–Crippen MR) is 61.2 cm³/mol. The van der Waals surface area contributed by atoms with Crippen LogP contribution in [0.5, 0.6) is 0 Å². The Labute approximate surface area is 105 Å². The van der Waals surface area contributed by atoms with Crippen LogP contribution in [0.4, 0.5) is 13.2 Å². The molecule has 0 unspecified atom stereocenters. The Balaban J connectivity index is 2.12. The zero-order valence-corrected chi connectivity index (χ0v) is 9.46. The monoisotopic (exact) mass is 264 g/mol. The molecule has 0 radical (unpaired) electrons. The Morgan fingerprint density at radius 3 is 2.37 bits per heavy atom. The van der Waals surface area contributed by atoms with Gasteiger partial charge in [-0.2, -0.15) is 18.2 Å². The molecule has 0 atom stereocenters. The van der Waals surface area contributed by atoms with Crippen LogP contribution in [-0.2, 0) is 6.18 Å². The van der Waals surface area contributed by atoms with Gasteiger partial charge in [0.05, 0.1) is 0 Å². The zero-order valence-electron chi connectivity index (χ0n) is 9.46. The molecule has 7 heteroatoms. The molecule has 0 saturated heterocycles. The molecule has 0 aliphatic heterocycles. The summed E-state index contributed by atoms with van der Waals surface area (Å²) in [4.78, 5) is 7.45. The molecule has 4 nitrogen and oxygen atoms in total. The molecule has 2 heterocycles. The second kappa shape index (κ2) is 4.04. The topological polar surface area (TPSA) is 43.1 Å². The van der Waals surface area contributed by atoms with Gasteiger partial charge in [0, 0.05) is 11.8 Å². The van der Waals surface area contributed by atoms with Crippen LogP contribution in [0.25, 0.3) is 17.2 Å². The molecular weight excluding hydrogens is 257 g/mol. The minimum atomic E-state index is -4.49. The number of hydrogen-bond donors (Lipinski definition) is 0. The molecule has 1 aromatic carbocycles. The van der Waals surface area contributed by atoms with Crippen LogP contribution in [0, 0.1) is 0 Å². The molecule has 0 saturated carbocycles. The molecule has 3 aromatic rings. The van der Waals surface area contributed by atoms with Gasteiger partial charge in [0.25, 0.3) is 5.78 Å². The van der Waals surface area contributed by atoms with Gasteiger partial charge in [-0.25, -0.2) is 9.50 Å². The van der Waals surface area contributed by atoms with Gasteiger partial charge in [0.1, 0.15) is 5.69 Å². The lowest BCUT2D eigenvalue weighted by Crippen LogP contribution is -2.09. The molecule has 96 valence electrons. The Morgan fingerprint density at radius 1 is 0.947 bits per heavy atom. The van der Waals surface area contributed by atoms with Gasteiger partial charge < -0.3 is 0 Å². The Hall–Kier alpha value is -2.44. The average molecular weight is 264 g/mol. The number of halogens is 3. The summed E-state index contributed by atoms with van der Waals surface area (Å²) >= 11 is 0. The molecule has 0 bridgehead atoms. The van der Waals surface area contributed by atoms with Gasteiger partial charge in [-0.05, 0) is 6.07 Å². The maximum atomic E-state index is 12.5. The number of hydrogen-bond acceptors (Lipinski definition) is 3. The number of fused-ring (bicyclic) bond motifs is 1. The van der Waals surface area contributed by atoms with Crippen molar-refractivity contribution in [3.05, 3.63) is 48.3 Å². The van der Waals surface area contributed by atoms with Crippen LogP contribution in [0.2, 0.25) is 0 Å². The van der Waals surface area contributed by atoms with Crippen LogP contribution in [-0.4, -0.2) is 19.6 Å². The third-order valence-corrected chi connectivity index (χ3v) is 2.53. The first-order valence-electron chi connectivity index (χ1n) is 5.40. The highest BCUT2D eigenvalue weighted by Gasteiger charge is 2.33. The highest BCUT2D eigenvalue weighted by molar-refractivity contribution is 5.56. The summed E-state index contributed by atoms with van der Waals surface area (Å²) in [5, 5.41) is 4.08. The van der Waals surface area contributed by atoms with Gasteiger partial charge in [0.2, 0.25) is 0 Å².